The minimum Gasteiger partial charge on any atom is -0.392 e. The van der Waals surface area contributed by atoms with Crippen molar-refractivity contribution in [2.45, 2.75) is 51.9 Å². The molecule has 0 bridgehead atoms. The highest BCUT2D eigenvalue weighted by Gasteiger charge is 2.55. The van der Waals surface area contributed by atoms with E-state index in [-0.39, 0.29) is 17.6 Å². The average Bonchev–Trinajstić information content (AvgIpc) is 2.85. The number of piperidine rings is 1. The molecular formula is C16H25NO2S. The summed E-state index contributed by atoms with van der Waals surface area (Å²) >= 11 is 1.89. The number of thiophene rings is 1. The van der Waals surface area contributed by atoms with Crippen LogP contribution in [0.2, 0.25) is 0 Å². The monoisotopic (exact) mass is 295 g/mol. The molecule has 1 saturated heterocycles. The van der Waals surface area contributed by atoms with Crippen molar-refractivity contribution in [3.63, 3.8) is 0 Å². The topological polar surface area (TPSA) is 32.7 Å². The van der Waals surface area contributed by atoms with Crippen molar-refractivity contribution in [2.24, 2.45) is 5.41 Å². The summed E-state index contributed by atoms with van der Waals surface area (Å²) in [6.07, 6.45) is 3.11. The highest BCUT2D eigenvalue weighted by molar-refractivity contribution is 7.11. The second kappa shape index (κ2) is 5.76. The van der Waals surface area contributed by atoms with Crippen molar-refractivity contribution in [1.29, 1.82) is 0 Å². The first-order valence-electron chi connectivity index (χ1n) is 7.71. The Kier molecular flexibility index (Phi) is 4.18. The van der Waals surface area contributed by atoms with Crippen LogP contribution in [0.4, 0.5) is 0 Å². The number of hydrogen-bond acceptors (Lipinski definition) is 4. The van der Waals surface area contributed by atoms with Gasteiger partial charge in [-0.15, -0.1) is 11.3 Å². The zero-order valence-electron chi connectivity index (χ0n) is 12.5. The first-order valence-corrected chi connectivity index (χ1v) is 8.53. The number of likely N-dealkylation sites (tertiary alicyclic amines) is 1. The lowest BCUT2D eigenvalue weighted by Gasteiger charge is -2.56. The molecule has 20 heavy (non-hydrogen) atoms. The van der Waals surface area contributed by atoms with Gasteiger partial charge in [0.05, 0.1) is 12.2 Å². The molecule has 3 nitrogen and oxygen atoms in total. The maximum absolute atomic E-state index is 10.2. The molecule has 3 rings (SSSR count). The summed E-state index contributed by atoms with van der Waals surface area (Å²) in [6, 6.07) is 4.44. The van der Waals surface area contributed by atoms with E-state index in [1.54, 1.807) is 0 Å². The Morgan fingerprint density at radius 2 is 2.15 bits per heavy atom. The van der Waals surface area contributed by atoms with Crippen molar-refractivity contribution in [3.05, 3.63) is 21.9 Å². The standard InChI is InChI=1S/C16H25NO2S/c1-3-19-15-10-14(18)16(15)6-8-17(9-7-16)11-13-5-4-12(2)20-13/h4-5,14-15,18H,3,6-11H2,1-2H3/t14-,15-/m0/s1. The van der Waals surface area contributed by atoms with Gasteiger partial charge < -0.3 is 9.84 Å². The van der Waals surface area contributed by atoms with E-state index in [0.717, 1.165) is 45.5 Å². The third-order valence-corrected chi connectivity index (χ3v) is 6.06. The largest absolute Gasteiger partial charge is 0.392 e. The number of aliphatic hydroxyl groups excluding tert-OH is 1. The maximum atomic E-state index is 10.2. The van der Waals surface area contributed by atoms with Gasteiger partial charge in [0.2, 0.25) is 0 Å². The van der Waals surface area contributed by atoms with Crippen LogP contribution in [-0.4, -0.2) is 41.9 Å². The molecule has 2 aliphatic rings. The quantitative estimate of drug-likeness (QED) is 0.927. The smallest absolute Gasteiger partial charge is 0.0681 e. The fourth-order valence-corrected chi connectivity index (χ4v) is 4.67. The fourth-order valence-electron chi connectivity index (χ4n) is 3.73. The lowest BCUT2D eigenvalue weighted by Crippen LogP contribution is -2.62. The van der Waals surface area contributed by atoms with Crippen LogP contribution in [0, 0.1) is 12.3 Å². The van der Waals surface area contributed by atoms with Crippen molar-refractivity contribution in [1.82, 2.24) is 4.90 Å². The molecule has 2 heterocycles. The average molecular weight is 295 g/mol. The van der Waals surface area contributed by atoms with Gasteiger partial charge in [-0.1, -0.05) is 0 Å². The van der Waals surface area contributed by atoms with Gasteiger partial charge in [-0.05, 0) is 51.9 Å². The van der Waals surface area contributed by atoms with Crippen molar-refractivity contribution >= 4 is 11.3 Å². The Hall–Kier alpha value is -0.420. The van der Waals surface area contributed by atoms with Crippen molar-refractivity contribution in [2.75, 3.05) is 19.7 Å². The number of nitrogens with zero attached hydrogens (tertiary/aromatic N) is 1. The molecule has 0 aromatic carbocycles. The van der Waals surface area contributed by atoms with Gasteiger partial charge in [0, 0.05) is 34.7 Å². The summed E-state index contributed by atoms with van der Waals surface area (Å²) in [5.74, 6) is 0. The molecule has 0 unspecified atom stereocenters. The highest BCUT2D eigenvalue weighted by atomic mass is 32.1. The van der Waals surface area contributed by atoms with E-state index in [0.29, 0.717) is 0 Å². The third kappa shape index (κ3) is 2.54. The van der Waals surface area contributed by atoms with E-state index in [2.05, 4.69) is 24.0 Å². The van der Waals surface area contributed by atoms with Gasteiger partial charge in [0.1, 0.15) is 0 Å². The predicted octanol–water partition coefficient (Wildman–Crippen LogP) is 2.81. The second-order valence-electron chi connectivity index (χ2n) is 6.22. The van der Waals surface area contributed by atoms with Crippen LogP contribution in [0.3, 0.4) is 0 Å². The Morgan fingerprint density at radius 1 is 1.40 bits per heavy atom. The zero-order valence-corrected chi connectivity index (χ0v) is 13.3. The van der Waals surface area contributed by atoms with Crippen LogP contribution < -0.4 is 0 Å². The van der Waals surface area contributed by atoms with E-state index in [9.17, 15) is 5.11 Å². The Bertz CT molecular complexity index is 449. The van der Waals surface area contributed by atoms with Crippen LogP contribution in [0.25, 0.3) is 0 Å². The molecule has 1 saturated carbocycles. The molecule has 1 N–H and O–H groups in total. The number of ether oxygens (including phenoxy) is 1. The fraction of sp³-hybridized carbons (Fsp3) is 0.750. The molecule has 0 amide bonds. The molecule has 1 aliphatic carbocycles. The number of aryl methyl sites for hydroxylation is 1. The molecule has 2 fully saturated rings. The zero-order chi connectivity index (χ0) is 14.2. The van der Waals surface area contributed by atoms with Gasteiger partial charge in [0.15, 0.2) is 0 Å². The summed E-state index contributed by atoms with van der Waals surface area (Å²) in [7, 11) is 0. The molecule has 112 valence electrons. The van der Waals surface area contributed by atoms with Crippen LogP contribution >= 0.6 is 11.3 Å². The summed E-state index contributed by atoms with van der Waals surface area (Å²) in [4.78, 5) is 5.36. The van der Waals surface area contributed by atoms with Crippen LogP contribution in [0.1, 0.15) is 35.9 Å². The molecule has 4 heteroatoms. The summed E-state index contributed by atoms with van der Waals surface area (Å²) in [5.41, 5.74) is 0.0534. The van der Waals surface area contributed by atoms with Gasteiger partial charge >= 0.3 is 0 Å². The maximum Gasteiger partial charge on any atom is 0.0681 e. The molecule has 1 spiro atoms. The number of hydrogen-bond donors (Lipinski definition) is 1. The molecule has 1 aromatic heterocycles. The Balaban J connectivity index is 1.56. The second-order valence-corrected chi connectivity index (χ2v) is 7.59. The first-order chi connectivity index (χ1) is 9.64. The molecule has 2 atom stereocenters. The molecule has 1 aromatic rings. The van der Waals surface area contributed by atoms with E-state index >= 15 is 0 Å². The Morgan fingerprint density at radius 3 is 2.70 bits per heavy atom. The van der Waals surface area contributed by atoms with Crippen molar-refractivity contribution < 1.29 is 9.84 Å². The number of rotatable bonds is 4. The minimum absolute atomic E-state index is 0.0534. The van der Waals surface area contributed by atoms with Crippen LogP contribution in [-0.2, 0) is 11.3 Å². The summed E-state index contributed by atoms with van der Waals surface area (Å²) in [6.45, 7) is 8.19. The first kappa shape index (κ1) is 14.5. The molecular weight excluding hydrogens is 270 g/mol. The van der Waals surface area contributed by atoms with E-state index < -0.39 is 0 Å². The van der Waals surface area contributed by atoms with Gasteiger partial charge in [-0.25, -0.2) is 0 Å². The normalized spacial score (nSPS) is 29.6. The lowest BCUT2D eigenvalue weighted by atomic mass is 9.58. The van der Waals surface area contributed by atoms with Gasteiger partial charge in [-0.2, -0.15) is 0 Å². The van der Waals surface area contributed by atoms with E-state index in [1.807, 2.05) is 18.3 Å². The van der Waals surface area contributed by atoms with E-state index in [1.165, 1.54) is 9.75 Å². The van der Waals surface area contributed by atoms with E-state index in [4.69, 9.17) is 4.74 Å². The highest BCUT2D eigenvalue weighted by Crippen LogP contribution is 2.51. The van der Waals surface area contributed by atoms with Crippen molar-refractivity contribution in [3.8, 4) is 0 Å². The Labute approximate surface area is 125 Å². The molecule has 1 aliphatic heterocycles. The predicted molar refractivity (Wildman–Crippen MR) is 82.0 cm³/mol. The lowest BCUT2D eigenvalue weighted by molar-refractivity contribution is -0.209. The number of aliphatic hydroxyl groups is 1. The van der Waals surface area contributed by atoms with Crippen LogP contribution in [0.15, 0.2) is 12.1 Å². The summed E-state index contributed by atoms with van der Waals surface area (Å²) < 4.78 is 5.82. The third-order valence-electron chi connectivity index (χ3n) is 5.07. The van der Waals surface area contributed by atoms with Gasteiger partial charge in [0.25, 0.3) is 0 Å². The van der Waals surface area contributed by atoms with Crippen LogP contribution in [0.5, 0.6) is 0 Å². The minimum atomic E-state index is -0.148. The summed E-state index contributed by atoms with van der Waals surface area (Å²) in [5, 5.41) is 10.2. The molecule has 0 radical (unpaired) electrons. The SMILES string of the molecule is CCO[C@H]1C[C@H](O)C12CCN(Cc1ccc(C)s1)CC2. The van der Waals surface area contributed by atoms with Gasteiger partial charge in [-0.3, -0.25) is 4.90 Å².